The van der Waals surface area contributed by atoms with Crippen LogP contribution in [0.25, 0.3) is 11.0 Å². The molecule has 0 atom stereocenters. The predicted octanol–water partition coefficient (Wildman–Crippen LogP) is 3.36. The van der Waals surface area contributed by atoms with Crippen molar-refractivity contribution < 1.29 is 18.7 Å². The molecule has 26 heavy (non-hydrogen) atoms. The summed E-state index contributed by atoms with van der Waals surface area (Å²) < 4.78 is 26.6. The van der Waals surface area contributed by atoms with Gasteiger partial charge < -0.3 is 14.0 Å². The van der Waals surface area contributed by atoms with Gasteiger partial charge in [-0.25, -0.2) is 14.2 Å². The second-order valence-corrected chi connectivity index (χ2v) is 6.54. The van der Waals surface area contributed by atoms with Crippen molar-refractivity contribution in [1.82, 2.24) is 14.5 Å². The third kappa shape index (κ3) is 3.76. The van der Waals surface area contributed by atoms with E-state index in [1.165, 1.54) is 13.2 Å². The van der Waals surface area contributed by atoms with Crippen LogP contribution in [0.5, 0.6) is 0 Å². The number of hydrogen-bond acceptors (Lipinski definition) is 5. The zero-order valence-electron chi connectivity index (χ0n) is 14.3. The summed E-state index contributed by atoms with van der Waals surface area (Å²) in [5.74, 6) is -0.179. The van der Waals surface area contributed by atoms with E-state index in [0.717, 1.165) is 5.52 Å². The molecule has 8 heteroatoms. The summed E-state index contributed by atoms with van der Waals surface area (Å²) in [6, 6.07) is 6.50. The standard InChI is InChI=1S/C18H17BrFN3O3/c1-25-6-5-23-16-7-11(18(24)26-2)3-4-14(16)22-17(23)9-15-13(20)8-12(19)10-21-15/h3-4,7-8,10H,5-6,9H2,1-2H3. The van der Waals surface area contributed by atoms with E-state index in [4.69, 9.17) is 9.47 Å². The molecule has 0 N–H and O–H groups in total. The largest absolute Gasteiger partial charge is 0.465 e. The highest BCUT2D eigenvalue weighted by Crippen LogP contribution is 2.22. The van der Waals surface area contributed by atoms with Gasteiger partial charge in [-0.1, -0.05) is 0 Å². The number of carbonyl (C=O) groups excluding carboxylic acids is 1. The molecule has 1 aromatic carbocycles. The first-order valence-corrected chi connectivity index (χ1v) is 8.69. The van der Waals surface area contributed by atoms with Crippen LogP contribution in [0.4, 0.5) is 4.39 Å². The Labute approximate surface area is 158 Å². The van der Waals surface area contributed by atoms with Crippen LogP contribution >= 0.6 is 15.9 Å². The smallest absolute Gasteiger partial charge is 0.337 e. The highest BCUT2D eigenvalue weighted by Gasteiger charge is 2.16. The lowest BCUT2D eigenvalue weighted by atomic mass is 10.2. The number of halogens is 2. The van der Waals surface area contributed by atoms with Crippen molar-refractivity contribution in [2.75, 3.05) is 20.8 Å². The lowest BCUT2D eigenvalue weighted by molar-refractivity contribution is 0.0601. The molecule has 3 aromatic rings. The van der Waals surface area contributed by atoms with Crippen molar-refractivity contribution in [2.45, 2.75) is 13.0 Å². The second kappa shape index (κ2) is 7.92. The van der Waals surface area contributed by atoms with Gasteiger partial charge in [0.25, 0.3) is 0 Å². The first-order valence-electron chi connectivity index (χ1n) is 7.90. The maximum absolute atomic E-state index is 14.2. The minimum atomic E-state index is -0.423. The van der Waals surface area contributed by atoms with Gasteiger partial charge in [0.1, 0.15) is 11.6 Å². The number of aromatic nitrogens is 3. The summed E-state index contributed by atoms with van der Waals surface area (Å²) in [6.07, 6.45) is 1.78. The van der Waals surface area contributed by atoms with E-state index >= 15 is 0 Å². The number of imidazole rings is 1. The molecule has 0 fully saturated rings. The van der Waals surface area contributed by atoms with E-state index in [-0.39, 0.29) is 6.42 Å². The highest BCUT2D eigenvalue weighted by molar-refractivity contribution is 9.10. The van der Waals surface area contributed by atoms with Crippen LogP contribution in [-0.4, -0.2) is 41.3 Å². The van der Waals surface area contributed by atoms with E-state index in [1.807, 2.05) is 4.57 Å². The molecular formula is C18H17BrFN3O3. The number of ether oxygens (including phenoxy) is 2. The maximum Gasteiger partial charge on any atom is 0.337 e. The van der Waals surface area contributed by atoms with E-state index in [1.54, 1.807) is 31.5 Å². The SMILES string of the molecule is COCCn1c(Cc2ncc(Br)cc2F)nc2ccc(C(=O)OC)cc21. The molecule has 0 unspecified atom stereocenters. The molecule has 0 saturated heterocycles. The van der Waals surface area contributed by atoms with Crippen LogP contribution in [0.1, 0.15) is 21.9 Å². The summed E-state index contributed by atoms with van der Waals surface area (Å²) in [7, 11) is 2.94. The quantitative estimate of drug-likeness (QED) is 0.570. The van der Waals surface area contributed by atoms with Crippen molar-refractivity contribution in [2.24, 2.45) is 0 Å². The molecule has 0 spiro atoms. The van der Waals surface area contributed by atoms with Gasteiger partial charge in [0.05, 0.1) is 42.4 Å². The fourth-order valence-electron chi connectivity index (χ4n) is 2.71. The Morgan fingerprint density at radius 2 is 2.12 bits per heavy atom. The fourth-order valence-corrected chi connectivity index (χ4v) is 3.01. The molecule has 0 amide bonds. The summed E-state index contributed by atoms with van der Waals surface area (Å²) in [4.78, 5) is 20.5. The first-order chi connectivity index (χ1) is 12.5. The highest BCUT2D eigenvalue weighted by atomic mass is 79.9. The number of methoxy groups -OCH3 is 2. The molecule has 0 aliphatic rings. The molecular weight excluding hydrogens is 405 g/mol. The van der Waals surface area contributed by atoms with Crippen LogP contribution in [0, 0.1) is 5.82 Å². The molecule has 2 aromatic heterocycles. The number of carbonyl (C=O) groups is 1. The van der Waals surface area contributed by atoms with Crippen molar-refractivity contribution >= 4 is 32.9 Å². The van der Waals surface area contributed by atoms with Crippen molar-refractivity contribution in [3.8, 4) is 0 Å². The van der Waals surface area contributed by atoms with Crippen molar-refractivity contribution in [3.63, 3.8) is 0 Å². The van der Waals surface area contributed by atoms with Gasteiger partial charge >= 0.3 is 5.97 Å². The van der Waals surface area contributed by atoms with Gasteiger partial charge in [-0.15, -0.1) is 0 Å². The van der Waals surface area contributed by atoms with E-state index in [9.17, 15) is 9.18 Å². The molecule has 0 bridgehead atoms. The lowest BCUT2D eigenvalue weighted by Gasteiger charge is -2.09. The van der Waals surface area contributed by atoms with Gasteiger partial charge in [0, 0.05) is 24.3 Å². The normalized spacial score (nSPS) is 11.1. The van der Waals surface area contributed by atoms with Crippen molar-refractivity contribution in [1.29, 1.82) is 0 Å². The topological polar surface area (TPSA) is 66.2 Å². The van der Waals surface area contributed by atoms with E-state index in [2.05, 4.69) is 25.9 Å². The molecule has 2 heterocycles. The Hall–Kier alpha value is -2.32. The summed E-state index contributed by atoms with van der Waals surface area (Å²) in [5.41, 5.74) is 2.20. The number of esters is 1. The maximum atomic E-state index is 14.2. The van der Waals surface area contributed by atoms with Gasteiger partial charge in [-0.05, 0) is 40.2 Å². The molecule has 136 valence electrons. The van der Waals surface area contributed by atoms with Crippen LogP contribution < -0.4 is 0 Å². The third-order valence-corrected chi connectivity index (χ3v) is 4.41. The first kappa shape index (κ1) is 18.5. The number of nitrogens with zero attached hydrogens (tertiary/aromatic N) is 3. The molecule has 0 radical (unpaired) electrons. The van der Waals surface area contributed by atoms with Gasteiger partial charge in [-0.2, -0.15) is 0 Å². The average molecular weight is 422 g/mol. The molecule has 0 aliphatic heterocycles. The van der Waals surface area contributed by atoms with E-state index in [0.29, 0.717) is 40.2 Å². The fraction of sp³-hybridized carbons (Fsp3) is 0.278. The second-order valence-electron chi connectivity index (χ2n) is 5.63. The lowest BCUT2D eigenvalue weighted by Crippen LogP contribution is -2.10. The molecule has 0 aliphatic carbocycles. The Morgan fingerprint density at radius 1 is 1.31 bits per heavy atom. The predicted molar refractivity (Wildman–Crippen MR) is 97.6 cm³/mol. The minimum absolute atomic E-state index is 0.227. The Bertz CT molecular complexity index is 958. The van der Waals surface area contributed by atoms with Gasteiger partial charge in [-0.3, -0.25) is 4.98 Å². The minimum Gasteiger partial charge on any atom is -0.465 e. The summed E-state index contributed by atoms with van der Waals surface area (Å²) >= 11 is 3.20. The van der Waals surface area contributed by atoms with Gasteiger partial charge in [0.15, 0.2) is 0 Å². The third-order valence-electron chi connectivity index (χ3n) is 3.98. The summed E-state index contributed by atoms with van der Waals surface area (Å²) in [5, 5.41) is 0. The Kier molecular flexibility index (Phi) is 5.63. The zero-order chi connectivity index (χ0) is 18.7. The van der Waals surface area contributed by atoms with Crippen LogP contribution in [0.2, 0.25) is 0 Å². The number of rotatable bonds is 6. The number of benzene rings is 1. The number of fused-ring (bicyclic) bond motifs is 1. The van der Waals surface area contributed by atoms with Crippen LogP contribution in [-0.2, 0) is 22.4 Å². The molecule has 3 rings (SSSR count). The van der Waals surface area contributed by atoms with E-state index < -0.39 is 11.8 Å². The number of hydrogen-bond donors (Lipinski definition) is 0. The Morgan fingerprint density at radius 3 is 2.81 bits per heavy atom. The number of pyridine rings is 1. The van der Waals surface area contributed by atoms with Crippen LogP contribution in [0.15, 0.2) is 34.9 Å². The zero-order valence-corrected chi connectivity index (χ0v) is 15.9. The monoisotopic (exact) mass is 421 g/mol. The average Bonchev–Trinajstić information content (AvgIpc) is 2.97. The Balaban J connectivity index is 2.06. The molecule has 6 nitrogen and oxygen atoms in total. The molecule has 0 saturated carbocycles. The van der Waals surface area contributed by atoms with Gasteiger partial charge in [0.2, 0.25) is 0 Å². The van der Waals surface area contributed by atoms with Crippen LogP contribution in [0.3, 0.4) is 0 Å². The van der Waals surface area contributed by atoms with Crippen molar-refractivity contribution in [3.05, 3.63) is 57.8 Å². The summed E-state index contributed by atoms with van der Waals surface area (Å²) in [6.45, 7) is 0.974.